The fraction of sp³-hybridized carbons (Fsp3) is 0.462. The molecule has 1 aromatic rings. The largest absolute Gasteiger partial charge is 0.494 e. The van der Waals surface area contributed by atoms with Crippen molar-refractivity contribution in [2.24, 2.45) is 0 Å². The molecular formula is C13H17BrO3. The zero-order valence-corrected chi connectivity index (χ0v) is 11.5. The molecule has 0 heterocycles. The molecule has 0 fully saturated rings. The fourth-order valence-corrected chi connectivity index (χ4v) is 1.60. The first kappa shape index (κ1) is 14.0. The highest BCUT2D eigenvalue weighted by Gasteiger charge is 2.04. The zero-order valence-electron chi connectivity index (χ0n) is 9.95. The molecule has 0 amide bonds. The Bertz CT molecular complexity index is 352. The maximum absolute atomic E-state index is 11.3. The molecule has 0 saturated heterocycles. The number of carbonyl (C=O) groups excluding carboxylic acids is 1. The van der Waals surface area contributed by atoms with Gasteiger partial charge in [0, 0.05) is 5.33 Å². The summed E-state index contributed by atoms with van der Waals surface area (Å²) in [5.74, 6) is 0.595. The Kier molecular flexibility index (Phi) is 6.70. The maximum atomic E-state index is 11.3. The van der Waals surface area contributed by atoms with Gasteiger partial charge in [0.25, 0.3) is 0 Å². The molecule has 0 aliphatic heterocycles. The van der Waals surface area contributed by atoms with Gasteiger partial charge in [0.05, 0.1) is 19.6 Å². The minimum atomic E-state index is -0.204. The second-order valence-corrected chi connectivity index (χ2v) is 4.31. The summed E-state index contributed by atoms with van der Waals surface area (Å²) in [4.78, 5) is 11.3. The van der Waals surface area contributed by atoms with Crippen LogP contribution in [0.1, 0.15) is 18.9 Å². The third kappa shape index (κ3) is 5.73. The summed E-state index contributed by atoms with van der Waals surface area (Å²) in [5.41, 5.74) is 0.916. The molecule has 0 aliphatic rings. The minimum Gasteiger partial charge on any atom is -0.494 e. The lowest BCUT2D eigenvalue weighted by molar-refractivity contribution is -0.142. The van der Waals surface area contributed by atoms with E-state index in [-0.39, 0.29) is 5.97 Å². The number of halogens is 1. The highest BCUT2D eigenvalue weighted by Crippen LogP contribution is 2.14. The topological polar surface area (TPSA) is 35.5 Å². The summed E-state index contributed by atoms with van der Waals surface area (Å²) in [6, 6.07) is 7.56. The molecular weight excluding hydrogens is 284 g/mol. The molecule has 0 unspecified atom stereocenters. The predicted octanol–water partition coefficient (Wildman–Crippen LogP) is 2.96. The van der Waals surface area contributed by atoms with Crippen LogP contribution in [0.5, 0.6) is 5.75 Å². The molecule has 17 heavy (non-hydrogen) atoms. The number of rotatable bonds is 7. The van der Waals surface area contributed by atoms with Crippen LogP contribution in [0.2, 0.25) is 0 Å². The number of esters is 1. The molecule has 1 aromatic carbocycles. The number of hydrogen-bond acceptors (Lipinski definition) is 3. The fourth-order valence-electron chi connectivity index (χ4n) is 1.37. The molecule has 0 N–H and O–H groups in total. The lowest BCUT2D eigenvalue weighted by atomic mass is 10.1. The van der Waals surface area contributed by atoms with E-state index in [1.807, 2.05) is 24.3 Å². The highest BCUT2D eigenvalue weighted by atomic mass is 79.9. The predicted molar refractivity (Wildman–Crippen MR) is 70.7 cm³/mol. The van der Waals surface area contributed by atoms with Crippen molar-refractivity contribution in [1.82, 2.24) is 0 Å². The van der Waals surface area contributed by atoms with Crippen LogP contribution < -0.4 is 4.74 Å². The van der Waals surface area contributed by atoms with Crippen molar-refractivity contribution >= 4 is 21.9 Å². The van der Waals surface area contributed by atoms with Gasteiger partial charge in [-0.3, -0.25) is 4.79 Å². The molecule has 0 radical (unpaired) electrons. The van der Waals surface area contributed by atoms with Crippen LogP contribution in [-0.2, 0) is 16.0 Å². The number of alkyl halides is 1. The van der Waals surface area contributed by atoms with E-state index in [0.717, 1.165) is 23.1 Å². The molecule has 0 atom stereocenters. The van der Waals surface area contributed by atoms with E-state index in [2.05, 4.69) is 15.9 Å². The van der Waals surface area contributed by atoms with E-state index >= 15 is 0 Å². The number of benzene rings is 1. The molecule has 3 nitrogen and oxygen atoms in total. The molecule has 0 aliphatic carbocycles. The Labute approximate surface area is 110 Å². The zero-order chi connectivity index (χ0) is 12.5. The second-order valence-electron chi connectivity index (χ2n) is 3.52. The smallest absolute Gasteiger partial charge is 0.310 e. The van der Waals surface area contributed by atoms with Crippen LogP contribution in [0.15, 0.2) is 24.3 Å². The Morgan fingerprint density at radius 1 is 1.41 bits per heavy atom. The van der Waals surface area contributed by atoms with E-state index in [1.165, 1.54) is 0 Å². The highest BCUT2D eigenvalue weighted by molar-refractivity contribution is 9.09. The number of hydrogen-bond donors (Lipinski definition) is 0. The normalized spacial score (nSPS) is 10.0. The average molecular weight is 301 g/mol. The summed E-state index contributed by atoms with van der Waals surface area (Å²) in [5, 5.41) is 0.926. The maximum Gasteiger partial charge on any atom is 0.310 e. The van der Waals surface area contributed by atoms with E-state index in [9.17, 15) is 4.79 Å². The standard InChI is InChI=1S/C13H17BrO3/c1-2-16-13(15)10-11-5-3-6-12(9-11)17-8-4-7-14/h3,5-6,9H,2,4,7-8,10H2,1H3. The van der Waals surface area contributed by atoms with Crippen molar-refractivity contribution in [3.05, 3.63) is 29.8 Å². The lowest BCUT2D eigenvalue weighted by Crippen LogP contribution is -2.07. The van der Waals surface area contributed by atoms with Crippen molar-refractivity contribution in [2.75, 3.05) is 18.5 Å². The van der Waals surface area contributed by atoms with Crippen molar-refractivity contribution in [1.29, 1.82) is 0 Å². The Balaban J connectivity index is 2.50. The van der Waals surface area contributed by atoms with Crippen molar-refractivity contribution in [2.45, 2.75) is 19.8 Å². The molecule has 4 heteroatoms. The van der Waals surface area contributed by atoms with Gasteiger partial charge < -0.3 is 9.47 Å². The van der Waals surface area contributed by atoms with Crippen LogP contribution in [0, 0.1) is 0 Å². The molecule has 0 bridgehead atoms. The van der Waals surface area contributed by atoms with Crippen LogP contribution in [0.3, 0.4) is 0 Å². The Morgan fingerprint density at radius 2 is 2.24 bits per heavy atom. The van der Waals surface area contributed by atoms with Crippen LogP contribution in [-0.4, -0.2) is 24.5 Å². The van der Waals surface area contributed by atoms with E-state index in [1.54, 1.807) is 6.92 Å². The van der Waals surface area contributed by atoms with E-state index in [4.69, 9.17) is 9.47 Å². The summed E-state index contributed by atoms with van der Waals surface area (Å²) in [7, 11) is 0. The first-order valence-electron chi connectivity index (χ1n) is 5.69. The SMILES string of the molecule is CCOC(=O)Cc1cccc(OCCCBr)c1. The van der Waals surface area contributed by atoms with Gasteiger partial charge in [-0.05, 0) is 31.0 Å². The van der Waals surface area contributed by atoms with Crippen LogP contribution in [0.25, 0.3) is 0 Å². The molecule has 94 valence electrons. The van der Waals surface area contributed by atoms with Gasteiger partial charge in [-0.2, -0.15) is 0 Å². The summed E-state index contributed by atoms with van der Waals surface area (Å²) >= 11 is 3.35. The second kappa shape index (κ2) is 8.12. The van der Waals surface area contributed by atoms with Crippen molar-refractivity contribution in [3.63, 3.8) is 0 Å². The van der Waals surface area contributed by atoms with Crippen LogP contribution >= 0.6 is 15.9 Å². The van der Waals surface area contributed by atoms with Gasteiger partial charge in [0.15, 0.2) is 0 Å². The van der Waals surface area contributed by atoms with Gasteiger partial charge in [-0.25, -0.2) is 0 Å². The summed E-state index contributed by atoms with van der Waals surface area (Å²) in [6.07, 6.45) is 1.26. The molecule has 0 saturated carbocycles. The summed E-state index contributed by atoms with van der Waals surface area (Å²) in [6.45, 7) is 2.89. The lowest BCUT2D eigenvalue weighted by Gasteiger charge is -2.07. The minimum absolute atomic E-state index is 0.204. The van der Waals surface area contributed by atoms with Crippen molar-refractivity contribution in [3.8, 4) is 5.75 Å². The van der Waals surface area contributed by atoms with Gasteiger partial charge in [-0.1, -0.05) is 28.1 Å². The monoisotopic (exact) mass is 300 g/mol. The van der Waals surface area contributed by atoms with E-state index < -0.39 is 0 Å². The van der Waals surface area contributed by atoms with Gasteiger partial charge in [0.2, 0.25) is 0 Å². The Hall–Kier alpha value is -1.03. The molecule has 1 rings (SSSR count). The van der Waals surface area contributed by atoms with Crippen LogP contribution in [0.4, 0.5) is 0 Å². The Morgan fingerprint density at radius 3 is 2.94 bits per heavy atom. The molecule has 0 spiro atoms. The van der Waals surface area contributed by atoms with Gasteiger partial charge >= 0.3 is 5.97 Å². The first-order chi connectivity index (χ1) is 8.26. The third-order valence-corrected chi connectivity index (χ3v) is 2.66. The van der Waals surface area contributed by atoms with Gasteiger partial charge in [-0.15, -0.1) is 0 Å². The average Bonchev–Trinajstić information content (AvgIpc) is 2.30. The number of ether oxygens (including phenoxy) is 2. The first-order valence-corrected chi connectivity index (χ1v) is 6.81. The third-order valence-electron chi connectivity index (χ3n) is 2.10. The van der Waals surface area contributed by atoms with E-state index in [0.29, 0.717) is 19.6 Å². The van der Waals surface area contributed by atoms with Crippen molar-refractivity contribution < 1.29 is 14.3 Å². The summed E-state index contributed by atoms with van der Waals surface area (Å²) < 4.78 is 10.4. The van der Waals surface area contributed by atoms with Gasteiger partial charge in [0.1, 0.15) is 5.75 Å². The molecule has 0 aromatic heterocycles. The quantitative estimate of drug-likeness (QED) is 0.441. The number of carbonyl (C=O) groups is 1.